The van der Waals surface area contributed by atoms with Crippen LogP contribution in [0.5, 0.6) is 0 Å². The Hall–Kier alpha value is -2.65. The zero-order valence-corrected chi connectivity index (χ0v) is 19.0. The molecule has 1 unspecified atom stereocenters. The third-order valence-electron chi connectivity index (χ3n) is 5.50. The summed E-state index contributed by atoms with van der Waals surface area (Å²) in [4.78, 5) is 16.5. The minimum Gasteiger partial charge on any atom is -0.390 e. The lowest BCUT2D eigenvalue weighted by Gasteiger charge is -2.33. The number of hydrogen-bond acceptors (Lipinski definition) is 6. The number of hydrogen-bond donors (Lipinski definition) is 3. The maximum absolute atomic E-state index is 13.0. The summed E-state index contributed by atoms with van der Waals surface area (Å²) in [7, 11) is 0. The van der Waals surface area contributed by atoms with Gasteiger partial charge in [0, 0.05) is 17.8 Å². The second-order valence-corrected chi connectivity index (χ2v) is 9.73. The van der Waals surface area contributed by atoms with Gasteiger partial charge < -0.3 is 15.5 Å². The smallest absolute Gasteiger partial charge is 0.280 e. The van der Waals surface area contributed by atoms with Gasteiger partial charge in [0.05, 0.1) is 28.9 Å². The fraction of sp³-hybridized carbons (Fsp3) is 0.522. The summed E-state index contributed by atoms with van der Waals surface area (Å²) < 4.78 is 26.0. The molecule has 2 aliphatic rings. The number of nitrogens with one attached hydrogen (secondary N) is 1. The number of aliphatic hydroxyl groups is 2. The minimum absolute atomic E-state index is 0.137. The average molecular weight is 449 g/mol. The summed E-state index contributed by atoms with van der Waals surface area (Å²) in [5, 5.41) is 30.0. The molecule has 0 saturated carbocycles. The summed E-state index contributed by atoms with van der Waals surface area (Å²) in [5.74, 6) is -0.644. The number of carbonyl (C=O) groups is 1. The molecule has 0 radical (unpaired) electrons. The molecule has 9 heteroatoms. The van der Waals surface area contributed by atoms with Gasteiger partial charge in [-0.25, -0.2) is 13.8 Å². The molecule has 1 aromatic heterocycles. The molecule has 1 aliphatic heterocycles. The van der Waals surface area contributed by atoms with Crippen molar-refractivity contribution in [3.8, 4) is 0 Å². The molecule has 0 fully saturated rings. The van der Waals surface area contributed by atoms with Crippen molar-refractivity contribution < 1.29 is 23.8 Å². The Kier molecular flexibility index (Phi) is 6.27. The van der Waals surface area contributed by atoms with Gasteiger partial charge in [-0.2, -0.15) is 5.10 Å². The third kappa shape index (κ3) is 5.39. The number of rotatable bonds is 7. The van der Waals surface area contributed by atoms with Crippen molar-refractivity contribution in [3.63, 3.8) is 0 Å². The predicted molar refractivity (Wildman–Crippen MR) is 117 cm³/mol. The molecule has 32 heavy (non-hydrogen) atoms. The zero-order chi connectivity index (χ0) is 23.9. The standard InChI is InChI=1S/C23H30F2N4O3/c1-21(2,31)9-10-29-13-23(5)12-17(14(22(3,4)32)11-18(23)28-29)27-20(30)16-8-6-7-15(26-16)19(24)25/h6-8,11-12,19,31-32H,9-10,13H2,1-5H3,(H,27,30). The van der Waals surface area contributed by atoms with Crippen LogP contribution in [0.1, 0.15) is 63.6 Å². The molecule has 2 heterocycles. The minimum atomic E-state index is -2.78. The lowest BCUT2D eigenvalue weighted by atomic mass is 9.76. The first kappa shape index (κ1) is 24.0. The molecule has 7 nitrogen and oxygen atoms in total. The van der Waals surface area contributed by atoms with E-state index in [0.29, 0.717) is 30.8 Å². The van der Waals surface area contributed by atoms with Crippen molar-refractivity contribution in [1.29, 1.82) is 0 Å². The molecule has 3 rings (SSSR count). The molecule has 1 aliphatic carbocycles. The fourth-order valence-corrected chi connectivity index (χ4v) is 3.71. The summed E-state index contributed by atoms with van der Waals surface area (Å²) in [6, 6.07) is 3.88. The van der Waals surface area contributed by atoms with E-state index in [1.165, 1.54) is 12.1 Å². The number of aromatic nitrogens is 1. The molecule has 0 saturated heterocycles. The van der Waals surface area contributed by atoms with Gasteiger partial charge in [0.15, 0.2) is 0 Å². The van der Waals surface area contributed by atoms with Gasteiger partial charge in [-0.15, -0.1) is 0 Å². The van der Waals surface area contributed by atoms with E-state index in [4.69, 9.17) is 0 Å². The van der Waals surface area contributed by atoms with Crippen LogP contribution < -0.4 is 5.32 Å². The van der Waals surface area contributed by atoms with Crippen LogP contribution in [-0.2, 0) is 0 Å². The zero-order valence-electron chi connectivity index (χ0n) is 19.0. The number of nitrogens with zero attached hydrogens (tertiary/aromatic N) is 3. The maximum atomic E-state index is 13.0. The van der Waals surface area contributed by atoms with Crippen molar-refractivity contribution in [2.75, 3.05) is 13.1 Å². The summed E-state index contributed by atoms with van der Waals surface area (Å²) in [6.07, 6.45) is 1.33. The first-order chi connectivity index (χ1) is 14.7. The lowest BCUT2D eigenvalue weighted by Crippen LogP contribution is -2.39. The van der Waals surface area contributed by atoms with Gasteiger partial charge >= 0.3 is 0 Å². The first-order valence-electron chi connectivity index (χ1n) is 10.5. The molecule has 174 valence electrons. The number of carbonyl (C=O) groups excluding carboxylic acids is 1. The lowest BCUT2D eigenvalue weighted by molar-refractivity contribution is 0.0578. The quantitative estimate of drug-likeness (QED) is 0.595. The predicted octanol–water partition coefficient (Wildman–Crippen LogP) is 3.18. The third-order valence-corrected chi connectivity index (χ3v) is 5.50. The second-order valence-electron chi connectivity index (χ2n) is 9.73. The van der Waals surface area contributed by atoms with Gasteiger partial charge in [-0.05, 0) is 65.3 Å². The van der Waals surface area contributed by atoms with E-state index in [2.05, 4.69) is 15.4 Å². The Morgan fingerprint density at radius 3 is 2.56 bits per heavy atom. The molecule has 0 spiro atoms. The van der Waals surface area contributed by atoms with E-state index >= 15 is 0 Å². The van der Waals surface area contributed by atoms with E-state index in [9.17, 15) is 23.8 Å². The highest BCUT2D eigenvalue weighted by Crippen LogP contribution is 2.39. The molecule has 0 aromatic carbocycles. The monoisotopic (exact) mass is 448 g/mol. The highest BCUT2D eigenvalue weighted by atomic mass is 19.3. The molecule has 3 N–H and O–H groups in total. The molecular formula is C23H30F2N4O3. The van der Waals surface area contributed by atoms with Crippen LogP contribution in [0.2, 0.25) is 0 Å². The van der Waals surface area contributed by atoms with Gasteiger partial charge in [0.2, 0.25) is 0 Å². The SMILES string of the molecule is CC(C)(O)CCN1CC2(C)C=C(NC(=O)c3cccc(C(F)F)n3)C(C(C)(C)O)=CC2=N1. The molecule has 0 bridgehead atoms. The number of allylic oxidation sites excluding steroid dienone is 1. The number of fused-ring (bicyclic) bond motifs is 1. The van der Waals surface area contributed by atoms with E-state index in [1.54, 1.807) is 33.8 Å². The Bertz CT molecular complexity index is 990. The van der Waals surface area contributed by atoms with Gasteiger partial charge in [0.1, 0.15) is 11.4 Å². The van der Waals surface area contributed by atoms with Crippen LogP contribution in [0.4, 0.5) is 8.78 Å². The number of pyridine rings is 1. The Morgan fingerprint density at radius 1 is 1.28 bits per heavy atom. The number of alkyl halides is 2. The molecular weight excluding hydrogens is 418 g/mol. The highest BCUT2D eigenvalue weighted by molar-refractivity contribution is 6.05. The largest absolute Gasteiger partial charge is 0.390 e. The Morgan fingerprint density at radius 2 is 1.97 bits per heavy atom. The summed E-state index contributed by atoms with van der Waals surface area (Å²) >= 11 is 0. The van der Waals surface area contributed by atoms with E-state index in [-0.39, 0.29) is 5.69 Å². The molecule has 1 aromatic rings. The summed E-state index contributed by atoms with van der Waals surface area (Å²) in [5.41, 5.74) is -1.68. The number of halogens is 2. The normalized spacial score (nSPS) is 21.2. The van der Waals surface area contributed by atoms with E-state index in [0.717, 1.165) is 11.8 Å². The van der Waals surface area contributed by atoms with Crippen molar-refractivity contribution in [1.82, 2.24) is 15.3 Å². The summed E-state index contributed by atoms with van der Waals surface area (Å²) in [6.45, 7) is 9.72. The molecule has 1 atom stereocenters. The van der Waals surface area contributed by atoms with Crippen molar-refractivity contribution >= 4 is 11.6 Å². The van der Waals surface area contributed by atoms with Gasteiger partial charge in [0.25, 0.3) is 12.3 Å². The van der Waals surface area contributed by atoms with Crippen LogP contribution in [0.15, 0.2) is 46.7 Å². The van der Waals surface area contributed by atoms with Crippen LogP contribution >= 0.6 is 0 Å². The highest BCUT2D eigenvalue weighted by Gasteiger charge is 2.42. The maximum Gasteiger partial charge on any atom is 0.280 e. The fourth-order valence-electron chi connectivity index (χ4n) is 3.71. The van der Waals surface area contributed by atoms with Crippen LogP contribution in [0, 0.1) is 5.41 Å². The van der Waals surface area contributed by atoms with Crippen LogP contribution in [0.3, 0.4) is 0 Å². The van der Waals surface area contributed by atoms with E-state index in [1.807, 2.05) is 18.0 Å². The number of hydrazone groups is 1. The average Bonchev–Trinajstić information content (AvgIpc) is 3.00. The van der Waals surface area contributed by atoms with Crippen LogP contribution in [0.25, 0.3) is 0 Å². The van der Waals surface area contributed by atoms with Crippen molar-refractivity contribution in [2.24, 2.45) is 10.5 Å². The topological polar surface area (TPSA) is 98.1 Å². The van der Waals surface area contributed by atoms with E-state index < -0.39 is 34.6 Å². The van der Waals surface area contributed by atoms with Gasteiger partial charge in [-0.3, -0.25) is 9.80 Å². The van der Waals surface area contributed by atoms with Crippen LogP contribution in [-0.4, -0.2) is 56.1 Å². The van der Waals surface area contributed by atoms with Gasteiger partial charge in [-0.1, -0.05) is 6.07 Å². The van der Waals surface area contributed by atoms with Crippen molar-refractivity contribution in [3.05, 3.63) is 53.0 Å². The number of amides is 1. The second kappa shape index (κ2) is 8.37. The van der Waals surface area contributed by atoms with Crippen molar-refractivity contribution in [2.45, 2.75) is 58.7 Å². The first-order valence-corrected chi connectivity index (χ1v) is 10.5. The Balaban J connectivity index is 1.88. The Labute approximate surface area is 186 Å². The molecule has 1 amide bonds.